The maximum Gasteiger partial charge on any atom is 0.328 e. The number of allylic oxidation sites excluding steroid dienone is 5. The molecule has 0 saturated carbocycles. The molecule has 0 spiro atoms. The SMILES string of the molecule is CCCCC/C=C/C=C/C=C/C(=O)O. The summed E-state index contributed by atoms with van der Waals surface area (Å²) in [6, 6.07) is 0. The zero-order valence-electron chi connectivity index (χ0n) is 8.65. The number of unbranched alkanes of at least 4 members (excludes halogenated alkanes) is 3. The third-order valence-corrected chi connectivity index (χ3v) is 1.68. The molecule has 0 saturated heterocycles. The van der Waals surface area contributed by atoms with Gasteiger partial charge in [-0.3, -0.25) is 0 Å². The van der Waals surface area contributed by atoms with Crippen molar-refractivity contribution < 1.29 is 9.90 Å². The first-order valence-corrected chi connectivity index (χ1v) is 5.00. The van der Waals surface area contributed by atoms with Gasteiger partial charge >= 0.3 is 5.97 Å². The van der Waals surface area contributed by atoms with E-state index in [0.717, 1.165) is 12.5 Å². The van der Waals surface area contributed by atoms with Gasteiger partial charge in [0.2, 0.25) is 0 Å². The second-order valence-electron chi connectivity index (χ2n) is 3.01. The number of carboxylic acid groups (broad SMARTS) is 1. The summed E-state index contributed by atoms with van der Waals surface area (Å²) in [6.45, 7) is 2.18. The molecule has 0 aromatic heterocycles. The van der Waals surface area contributed by atoms with Crippen LogP contribution in [0.15, 0.2) is 36.5 Å². The van der Waals surface area contributed by atoms with E-state index in [1.807, 2.05) is 12.2 Å². The molecule has 0 aliphatic rings. The summed E-state index contributed by atoms with van der Waals surface area (Å²) in [6.07, 6.45) is 15.1. The van der Waals surface area contributed by atoms with Gasteiger partial charge in [-0.05, 0) is 12.8 Å². The van der Waals surface area contributed by atoms with Crippen molar-refractivity contribution >= 4 is 5.97 Å². The van der Waals surface area contributed by atoms with E-state index in [1.165, 1.54) is 25.3 Å². The number of rotatable bonds is 7. The average Bonchev–Trinajstić information content (AvgIpc) is 2.15. The Morgan fingerprint density at radius 2 is 1.86 bits per heavy atom. The molecule has 0 amide bonds. The minimum absolute atomic E-state index is 0.915. The number of hydrogen-bond donors (Lipinski definition) is 1. The van der Waals surface area contributed by atoms with Gasteiger partial charge in [0.25, 0.3) is 0 Å². The standard InChI is InChI=1S/C12H18O2/c1-2-3-4-5-6-7-8-9-10-11-12(13)14/h6-11H,2-5H2,1H3,(H,13,14)/b7-6+,9-8+,11-10+. The van der Waals surface area contributed by atoms with Crippen LogP contribution >= 0.6 is 0 Å². The summed E-state index contributed by atoms with van der Waals surface area (Å²) in [5, 5.41) is 8.27. The molecule has 2 nitrogen and oxygen atoms in total. The molecule has 0 aliphatic heterocycles. The van der Waals surface area contributed by atoms with E-state index in [9.17, 15) is 4.79 Å². The van der Waals surface area contributed by atoms with Gasteiger partial charge in [-0.25, -0.2) is 4.79 Å². The van der Waals surface area contributed by atoms with Crippen molar-refractivity contribution in [3.63, 3.8) is 0 Å². The molecule has 78 valence electrons. The highest BCUT2D eigenvalue weighted by Gasteiger charge is 1.80. The van der Waals surface area contributed by atoms with Gasteiger partial charge in [-0.2, -0.15) is 0 Å². The largest absolute Gasteiger partial charge is 0.478 e. The van der Waals surface area contributed by atoms with Crippen LogP contribution in [0.2, 0.25) is 0 Å². The predicted octanol–water partition coefficient (Wildman–Crippen LogP) is 3.32. The van der Waals surface area contributed by atoms with Crippen molar-refractivity contribution in [3.8, 4) is 0 Å². The quantitative estimate of drug-likeness (QED) is 0.383. The van der Waals surface area contributed by atoms with Crippen LogP contribution in [0.5, 0.6) is 0 Å². The van der Waals surface area contributed by atoms with Crippen LogP contribution in [0.25, 0.3) is 0 Å². The molecule has 14 heavy (non-hydrogen) atoms. The Hall–Kier alpha value is -1.31. The van der Waals surface area contributed by atoms with E-state index in [1.54, 1.807) is 6.08 Å². The van der Waals surface area contributed by atoms with Gasteiger partial charge in [-0.15, -0.1) is 0 Å². The molecule has 0 bridgehead atoms. The lowest BCUT2D eigenvalue weighted by Crippen LogP contribution is -1.84. The minimum Gasteiger partial charge on any atom is -0.478 e. The van der Waals surface area contributed by atoms with Crippen molar-refractivity contribution in [2.75, 3.05) is 0 Å². The van der Waals surface area contributed by atoms with Crippen LogP contribution in [0.4, 0.5) is 0 Å². The van der Waals surface area contributed by atoms with Gasteiger partial charge in [0, 0.05) is 6.08 Å². The van der Waals surface area contributed by atoms with E-state index in [-0.39, 0.29) is 0 Å². The Bertz CT molecular complexity index is 224. The average molecular weight is 194 g/mol. The number of carboxylic acids is 1. The zero-order valence-corrected chi connectivity index (χ0v) is 8.65. The van der Waals surface area contributed by atoms with Gasteiger partial charge in [0.1, 0.15) is 0 Å². The van der Waals surface area contributed by atoms with Gasteiger partial charge in [0.15, 0.2) is 0 Å². The van der Waals surface area contributed by atoms with Crippen molar-refractivity contribution in [2.24, 2.45) is 0 Å². The smallest absolute Gasteiger partial charge is 0.328 e. The molecule has 0 aliphatic carbocycles. The van der Waals surface area contributed by atoms with Crippen LogP contribution in [-0.4, -0.2) is 11.1 Å². The molecule has 0 aromatic carbocycles. The van der Waals surface area contributed by atoms with Gasteiger partial charge in [-0.1, -0.05) is 50.1 Å². The van der Waals surface area contributed by atoms with E-state index < -0.39 is 5.97 Å². The highest BCUT2D eigenvalue weighted by Crippen LogP contribution is 1.99. The van der Waals surface area contributed by atoms with Crippen molar-refractivity contribution in [1.82, 2.24) is 0 Å². The molecule has 0 unspecified atom stereocenters. The summed E-state index contributed by atoms with van der Waals surface area (Å²) >= 11 is 0. The molecular formula is C12H18O2. The minimum atomic E-state index is -0.915. The Kier molecular flexibility index (Phi) is 8.86. The number of aliphatic carboxylic acids is 1. The lowest BCUT2D eigenvalue weighted by Gasteiger charge is -1.89. The van der Waals surface area contributed by atoms with Crippen molar-refractivity contribution in [3.05, 3.63) is 36.5 Å². The summed E-state index contributed by atoms with van der Waals surface area (Å²) in [5.41, 5.74) is 0. The third-order valence-electron chi connectivity index (χ3n) is 1.68. The predicted molar refractivity (Wildman–Crippen MR) is 59.2 cm³/mol. The van der Waals surface area contributed by atoms with E-state index >= 15 is 0 Å². The van der Waals surface area contributed by atoms with E-state index in [4.69, 9.17) is 5.11 Å². The molecule has 0 radical (unpaired) electrons. The van der Waals surface area contributed by atoms with Crippen LogP contribution in [0.1, 0.15) is 32.6 Å². The topological polar surface area (TPSA) is 37.3 Å². The van der Waals surface area contributed by atoms with Gasteiger partial charge < -0.3 is 5.11 Å². The van der Waals surface area contributed by atoms with Gasteiger partial charge in [0.05, 0.1) is 0 Å². The molecule has 1 N–H and O–H groups in total. The molecular weight excluding hydrogens is 176 g/mol. The molecule has 0 aromatic rings. The van der Waals surface area contributed by atoms with E-state index in [0.29, 0.717) is 0 Å². The fourth-order valence-electron chi connectivity index (χ4n) is 0.953. The Morgan fingerprint density at radius 3 is 2.50 bits per heavy atom. The lowest BCUT2D eigenvalue weighted by atomic mass is 10.2. The summed E-state index contributed by atoms with van der Waals surface area (Å²) in [5.74, 6) is -0.915. The summed E-state index contributed by atoms with van der Waals surface area (Å²) < 4.78 is 0. The Labute approximate surface area is 85.6 Å². The highest BCUT2D eigenvalue weighted by molar-refractivity contribution is 5.80. The second kappa shape index (κ2) is 9.78. The molecule has 2 heteroatoms. The molecule has 0 atom stereocenters. The van der Waals surface area contributed by atoms with Crippen LogP contribution < -0.4 is 0 Å². The highest BCUT2D eigenvalue weighted by atomic mass is 16.4. The molecule has 0 rings (SSSR count). The summed E-state index contributed by atoms with van der Waals surface area (Å²) in [4.78, 5) is 10.1. The molecule has 0 heterocycles. The first kappa shape index (κ1) is 12.7. The van der Waals surface area contributed by atoms with Crippen LogP contribution in [-0.2, 0) is 4.79 Å². The summed E-state index contributed by atoms with van der Waals surface area (Å²) in [7, 11) is 0. The van der Waals surface area contributed by atoms with Crippen molar-refractivity contribution in [1.29, 1.82) is 0 Å². The normalized spacial score (nSPS) is 12.1. The number of carbonyl (C=O) groups is 1. The lowest BCUT2D eigenvalue weighted by molar-refractivity contribution is -0.131. The fourth-order valence-corrected chi connectivity index (χ4v) is 0.953. The third kappa shape index (κ3) is 10.7. The Morgan fingerprint density at radius 1 is 1.14 bits per heavy atom. The first-order chi connectivity index (χ1) is 6.77. The first-order valence-electron chi connectivity index (χ1n) is 5.00. The maximum atomic E-state index is 10.1. The fraction of sp³-hybridized carbons (Fsp3) is 0.417. The Balaban J connectivity index is 3.46. The van der Waals surface area contributed by atoms with Crippen LogP contribution in [0, 0.1) is 0 Å². The zero-order chi connectivity index (χ0) is 10.6. The molecule has 0 fully saturated rings. The maximum absolute atomic E-state index is 10.1. The van der Waals surface area contributed by atoms with Crippen LogP contribution in [0.3, 0.4) is 0 Å². The second-order valence-corrected chi connectivity index (χ2v) is 3.01. The van der Waals surface area contributed by atoms with Crippen molar-refractivity contribution in [2.45, 2.75) is 32.6 Å². The number of hydrogen-bond acceptors (Lipinski definition) is 1. The van der Waals surface area contributed by atoms with E-state index in [2.05, 4.69) is 13.0 Å². The monoisotopic (exact) mass is 194 g/mol.